The third kappa shape index (κ3) is 3.68. The van der Waals surface area contributed by atoms with Crippen molar-refractivity contribution in [2.75, 3.05) is 17.6 Å². The maximum Gasteiger partial charge on any atom is 0.222 e. The standard InChI is InChI=1S/C16H21BrN4O/c1-5-19-15-14(8-20-16(18)21-15)22-13-7-12(17)10(4)6-11(13)9(2)3/h6-9H,5H2,1-4H3,(H3,18,19,20,21). The molecule has 0 aliphatic heterocycles. The molecule has 118 valence electrons. The second kappa shape index (κ2) is 6.96. The average molecular weight is 365 g/mol. The number of aromatic nitrogens is 2. The Morgan fingerprint density at radius 3 is 2.68 bits per heavy atom. The van der Waals surface area contributed by atoms with Crippen molar-refractivity contribution < 1.29 is 4.74 Å². The molecule has 1 aromatic heterocycles. The van der Waals surface area contributed by atoms with Crippen LogP contribution in [0.1, 0.15) is 37.8 Å². The first-order chi connectivity index (χ1) is 10.4. The normalized spacial score (nSPS) is 10.8. The fraction of sp³-hybridized carbons (Fsp3) is 0.375. The minimum Gasteiger partial charge on any atom is -0.451 e. The van der Waals surface area contributed by atoms with Gasteiger partial charge in [0.15, 0.2) is 11.6 Å². The smallest absolute Gasteiger partial charge is 0.222 e. The van der Waals surface area contributed by atoms with Gasteiger partial charge >= 0.3 is 0 Å². The zero-order chi connectivity index (χ0) is 16.3. The molecule has 0 amide bonds. The molecule has 2 aromatic rings. The molecular formula is C16H21BrN4O. The number of nitrogen functional groups attached to an aromatic ring is 1. The van der Waals surface area contributed by atoms with E-state index in [1.807, 2.05) is 13.0 Å². The van der Waals surface area contributed by atoms with Crippen molar-refractivity contribution in [3.63, 3.8) is 0 Å². The molecule has 0 aliphatic carbocycles. The molecule has 0 atom stereocenters. The lowest BCUT2D eigenvalue weighted by atomic mass is 10.00. The molecule has 0 aliphatic rings. The van der Waals surface area contributed by atoms with E-state index in [9.17, 15) is 0 Å². The van der Waals surface area contributed by atoms with Crippen molar-refractivity contribution >= 4 is 27.7 Å². The van der Waals surface area contributed by atoms with Crippen LogP contribution in [0.4, 0.5) is 11.8 Å². The number of benzene rings is 1. The summed E-state index contributed by atoms with van der Waals surface area (Å²) in [6, 6.07) is 4.12. The first-order valence-electron chi connectivity index (χ1n) is 7.26. The topological polar surface area (TPSA) is 73.1 Å². The molecule has 3 N–H and O–H groups in total. The number of halogens is 1. The summed E-state index contributed by atoms with van der Waals surface area (Å²) in [5.74, 6) is 2.52. The van der Waals surface area contributed by atoms with Gasteiger partial charge in [-0.3, -0.25) is 0 Å². The van der Waals surface area contributed by atoms with E-state index in [1.165, 1.54) is 5.56 Å². The van der Waals surface area contributed by atoms with Crippen molar-refractivity contribution in [2.45, 2.75) is 33.6 Å². The quantitative estimate of drug-likeness (QED) is 0.818. The van der Waals surface area contributed by atoms with Gasteiger partial charge in [-0.2, -0.15) is 4.98 Å². The van der Waals surface area contributed by atoms with Gasteiger partial charge in [0.25, 0.3) is 0 Å². The van der Waals surface area contributed by atoms with E-state index >= 15 is 0 Å². The second-order valence-corrected chi connectivity index (χ2v) is 6.22. The molecule has 1 heterocycles. The van der Waals surface area contributed by atoms with Gasteiger partial charge in [-0.05, 0) is 37.0 Å². The van der Waals surface area contributed by atoms with Gasteiger partial charge in [-0.25, -0.2) is 4.98 Å². The molecule has 22 heavy (non-hydrogen) atoms. The highest BCUT2D eigenvalue weighted by molar-refractivity contribution is 9.10. The largest absolute Gasteiger partial charge is 0.451 e. The van der Waals surface area contributed by atoms with Crippen molar-refractivity contribution in [2.24, 2.45) is 0 Å². The average Bonchev–Trinajstić information content (AvgIpc) is 2.45. The van der Waals surface area contributed by atoms with E-state index < -0.39 is 0 Å². The molecule has 2 rings (SSSR count). The molecule has 0 fully saturated rings. The fourth-order valence-corrected chi connectivity index (χ4v) is 2.42. The summed E-state index contributed by atoms with van der Waals surface area (Å²) in [6.07, 6.45) is 1.60. The SMILES string of the molecule is CCNc1nc(N)ncc1Oc1cc(Br)c(C)cc1C(C)C. The van der Waals surface area contributed by atoms with Crippen LogP contribution in [0, 0.1) is 6.92 Å². The lowest BCUT2D eigenvalue weighted by Crippen LogP contribution is -2.06. The minimum absolute atomic E-state index is 0.220. The first-order valence-corrected chi connectivity index (χ1v) is 8.06. The van der Waals surface area contributed by atoms with Crippen LogP contribution in [0.2, 0.25) is 0 Å². The molecule has 0 bridgehead atoms. The number of aryl methyl sites for hydroxylation is 1. The Morgan fingerprint density at radius 2 is 2.05 bits per heavy atom. The van der Waals surface area contributed by atoms with Crippen molar-refractivity contribution in [3.05, 3.63) is 33.9 Å². The maximum absolute atomic E-state index is 6.07. The number of nitrogens with two attached hydrogens (primary N) is 1. The van der Waals surface area contributed by atoms with Gasteiger partial charge in [-0.15, -0.1) is 0 Å². The lowest BCUT2D eigenvalue weighted by molar-refractivity contribution is 0.470. The summed E-state index contributed by atoms with van der Waals surface area (Å²) in [6.45, 7) is 9.06. The van der Waals surface area contributed by atoms with Crippen molar-refractivity contribution in [1.82, 2.24) is 9.97 Å². The molecule has 0 radical (unpaired) electrons. The van der Waals surface area contributed by atoms with Crippen LogP contribution in [0.5, 0.6) is 11.5 Å². The van der Waals surface area contributed by atoms with Crippen LogP contribution in [0.25, 0.3) is 0 Å². The van der Waals surface area contributed by atoms with E-state index in [0.717, 1.165) is 22.3 Å². The third-order valence-corrected chi connectivity index (χ3v) is 4.11. The Morgan fingerprint density at radius 1 is 1.32 bits per heavy atom. The van der Waals surface area contributed by atoms with E-state index in [0.29, 0.717) is 17.5 Å². The van der Waals surface area contributed by atoms with Gasteiger partial charge in [0, 0.05) is 11.0 Å². The van der Waals surface area contributed by atoms with Crippen LogP contribution < -0.4 is 15.8 Å². The molecule has 0 spiro atoms. The number of nitrogens with zero attached hydrogens (tertiary/aromatic N) is 2. The number of hydrogen-bond acceptors (Lipinski definition) is 5. The molecule has 0 saturated heterocycles. The van der Waals surface area contributed by atoms with Crippen LogP contribution >= 0.6 is 15.9 Å². The molecule has 1 aromatic carbocycles. The highest BCUT2D eigenvalue weighted by Crippen LogP contribution is 2.36. The fourth-order valence-electron chi connectivity index (χ4n) is 2.10. The predicted octanol–water partition coefficient (Wildman–Crippen LogP) is 4.48. The number of ether oxygens (including phenoxy) is 1. The minimum atomic E-state index is 0.220. The monoisotopic (exact) mass is 364 g/mol. The first kappa shape index (κ1) is 16.5. The highest BCUT2D eigenvalue weighted by atomic mass is 79.9. The van der Waals surface area contributed by atoms with Crippen LogP contribution in [-0.4, -0.2) is 16.5 Å². The van der Waals surface area contributed by atoms with E-state index in [4.69, 9.17) is 10.5 Å². The number of rotatable bonds is 5. The summed E-state index contributed by atoms with van der Waals surface area (Å²) >= 11 is 3.56. The number of nitrogens with one attached hydrogen (secondary N) is 1. The van der Waals surface area contributed by atoms with E-state index in [2.05, 4.69) is 58.1 Å². The van der Waals surface area contributed by atoms with Crippen LogP contribution in [0.3, 0.4) is 0 Å². The molecule has 5 nitrogen and oxygen atoms in total. The Bertz CT molecular complexity index is 673. The van der Waals surface area contributed by atoms with Crippen LogP contribution in [0.15, 0.2) is 22.8 Å². The third-order valence-electron chi connectivity index (χ3n) is 3.25. The molecule has 0 unspecified atom stereocenters. The predicted molar refractivity (Wildman–Crippen MR) is 93.7 cm³/mol. The van der Waals surface area contributed by atoms with E-state index in [1.54, 1.807) is 6.20 Å². The number of anilines is 2. The summed E-state index contributed by atoms with van der Waals surface area (Å²) in [7, 11) is 0. The number of hydrogen-bond donors (Lipinski definition) is 2. The molecule has 6 heteroatoms. The summed E-state index contributed by atoms with van der Waals surface area (Å²) in [5.41, 5.74) is 7.96. The summed E-state index contributed by atoms with van der Waals surface area (Å²) < 4.78 is 7.08. The van der Waals surface area contributed by atoms with E-state index in [-0.39, 0.29) is 5.95 Å². The summed E-state index contributed by atoms with van der Waals surface area (Å²) in [4.78, 5) is 8.22. The zero-order valence-corrected chi connectivity index (χ0v) is 14.9. The highest BCUT2D eigenvalue weighted by Gasteiger charge is 2.14. The second-order valence-electron chi connectivity index (χ2n) is 5.37. The Labute approximate surface area is 139 Å². The Hall–Kier alpha value is -1.82. The van der Waals surface area contributed by atoms with Gasteiger partial charge in [0.2, 0.25) is 5.95 Å². The van der Waals surface area contributed by atoms with Gasteiger partial charge < -0.3 is 15.8 Å². The van der Waals surface area contributed by atoms with Gasteiger partial charge in [0.1, 0.15) is 5.75 Å². The Balaban J connectivity index is 2.44. The van der Waals surface area contributed by atoms with Crippen molar-refractivity contribution in [1.29, 1.82) is 0 Å². The maximum atomic E-state index is 6.07. The lowest BCUT2D eigenvalue weighted by Gasteiger charge is -2.17. The van der Waals surface area contributed by atoms with Gasteiger partial charge in [-0.1, -0.05) is 35.8 Å². The Kier molecular flexibility index (Phi) is 5.24. The van der Waals surface area contributed by atoms with Crippen LogP contribution in [-0.2, 0) is 0 Å². The zero-order valence-electron chi connectivity index (χ0n) is 13.3. The molecular weight excluding hydrogens is 344 g/mol. The van der Waals surface area contributed by atoms with Gasteiger partial charge in [0.05, 0.1) is 6.20 Å². The summed E-state index contributed by atoms with van der Waals surface area (Å²) in [5, 5.41) is 3.14. The molecule has 0 saturated carbocycles. The van der Waals surface area contributed by atoms with Crippen molar-refractivity contribution in [3.8, 4) is 11.5 Å².